The van der Waals surface area contributed by atoms with Crippen LogP contribution in [-0.4, -0.2) is 30.9 Å². The zero-order chi connectivity index (χ0) is 14.0. The van der Waals surface area contributed by atoms with E-state index < -0.39 is 12.3 Å². The van der Waals surface area contributed by atoms with Gasteiger partial charge >= 0.3 is 6.09 Å². The van der Waals surface area contributed by atoms with Crippen molar-refractivity contribution in [2.24, 2.45) is 0 Å². The van der Waals surface area contributed by atoms with Gasteiger partial charge in [0.1, 0.15) is 0 Å². The summed E-state index contributed by atoms with van der Waals surface area (Å²) >= 11 is 0. The third kappa shape index (κ3) is 2.16. The minimum atomic E-state index is -0.852. The quantitative estimate of drug-likeness (QED) is 0.664. The second kappa shape index (κ2) is 5.09. The van der Waals surface area contributed by atoms with Crippen LogP contribution in [0.15, 0.2) is 18.2 Å². The third-order valence-electron chi connectivity index (χ3n) is 2.85. The van der Waals surface area contributed by atoms with E-state index in [2.05, 4.69) is 5.32 Å². The molecule has 0 spiro atoms. The Labute approximate surface area is 110 Å². The van der Waals surface area contributed by atoms with E-state index in [0.717, 1.165) is 0 Å². The summed E-state index contributed by atoms with van der Waals surface area (Å²) in [6.07, 6.45) is -0.873. The summed E-state index contributed by atoms with van der Waals surface area (Å²) < 4.78 is 4.92. The van der Waals surface area contributed by atoms with Crippen LogP contribution in [0.1, 0.15) is 24.2 Å². The molecule has 0 radical (unpaired) electrons. The summed E-state index contributed by atoms with van der Waals surface area (Å²) in [7, 11) is 0. The van der Waals surface area contributed by atoms with Crippen LogP contribution in [0.5, 0.6) is 0 Å². The first-order valence-electron chi connectivity index (χ1n) is 5.92. The lowest BCUT2D eigenvalue weighted by molar-refractivity contribution is -0.108. The normalized spacial score (nSPS) is 16.5. The van der Waals surface area contributed by atoms with E-state index >= 15 is 0 Å². The minimum Gasteiger partial charge on any atom is -0.449 e. The molecule has 1 aliphatic heterocycles. The third-order valence-corrected chi connectivity index (χ3v) is 2.85. The summed E-state index contributed by atoms with van der Waals surface area (Å²) in [5, 5.41) is 2.86. The molecule has 0 aliphatic carbocycles. The molecule has 19 heavy (non-hydrogen) atoms. The van der Waals surface area contributed by atoms with E-state index in [1.807, 2.05) is 0 Å². The predicted octanol–water partition coefficient (Wildman–Crippen LogP) is 1.80. The van der Waals surface area contributed by atoms with Crippen molar-refractivity contribution in [1.29, 1.82) is 0 Å². The van der Waals surface area contributed by atoms with Crippen LogP contribution in [0.4, 0.5) is 16.2 Å². The highest BCUT2D eigenvalue weighted by Gasteiger charge is 2.36. The van der Waals surface area contributed by atoms with Gasteiger partial charge in [-0.25, -0.2) is 9.69 Å². The van der Waals surface area contributed by atoms with Gasteiger partial charge in [-0.2, -0.15) is 0 Å². The maximum absolute atomic E-state index is 11.9. The number of anilines is 2. The van der Waals surface area contributed by atoms with Crippen LogP contribution in [0.2, 0.25) is 0 Å². The monoisotopic (exact) mass is 262 g/mol. The highest BCUT2D eigenvalue weighted by Crippen LogP contribution is 2.37. The molecule has 1 unspecified atom stereocenters. The highest BCUT2D eigenvalue weighted by atomic mass is 16.6. The number of rotatable bonds is 3. The number of ether oxygens (including phenoxy) is 1. The topological polar surface area (TPSA) is 75.7 Å². The fourth-order valence-electron chi connectivity index (χ4n) is 2.05. The largest absolute Gasteiger partial charge is 0.449 e. The number of nitrogens with one attached hydrogen (secondary N) is 1. The van der Waals surface area contributed by atoms with Gasteiger partial charge in [0.05, 0.1) is 18.0 Å². The standard InChI is InChI=1S/C13H14N2O4/c1-3-19-13(18)15-10-6-4-5-9(8(2)17)12(10)14-11(15)7-16/h4-7,11,14H,3H2,1-2H3. The average Bonchev–Trinajstić information content (AvgIpc) is 2.76. The first-order valence-corrected chi connectivity index (χ1v) is 5.92. The smallest absolute Gasteiger partial charge is 0.416 e. The van der Waals surface area contributed by atoms with E-state index in [4.69, 9.17) is 4.74 Å². The molecular formula is C13H14N2O4. The zero-order valence-corrected chi connectivity index (χ0v) is 10.7. The molecule has 6 heteroatoms. The number of benzene rings is 1. The Hall–Kier alpha value is -2.37. The summed E-state index contributed by atoms with van der Waals surface area (Å²) in [6, 6.07) is 4.97. The number of amides is 1. The van der Waals surface area contributed by atoms with Gasteiger partial charge in [-0.05, 0) is 26.0 Å². The molecule has 0 fully saturated rings. The number of nitrogens with zero attached hydrogens (tertiary/aromatic N) is 1. The summed E-state index contributed by atoms with van der Waals surface area (Å²) in [5.74, 6) is -0.139. The van der Waals surface area contributed by atoms with Crippen molar-refractivity contribution in [3.8, 4) is 0 Å². The molecule has 100 valence electrons. The van der Waals surface area contributed by atoms with Crippen LogP contribution in [0, 0.1) is 0 Å². The number of para-hydroxylation sites is 1. The van der Waals surface area contributed by atoms with E-state index in [0.29, 0.717) is 23.2 Å². The average molecular weight is 262 g/mol. The molecule has 1 atom stereocenters. The van der Waals surface area contributed by atoms with Crippen LogP contribution in [0.25, 0.3) is 0 Å². The second-order valence-corrected chi connectivity index (χ2v) is 4.05. The molecule has 0 saturated heterocycles. The molecular weight excluding hydrogens is 248 g/mol. The molecule has 1 aromatic rings. The maximum Gasteiger partial charge on any atom is 0.416 e. The van der Waals surface area contributed by atoms with Crippen molar-refractivity contribution in [2.75, 3.05) is 16.8 Å². The zero-order valence-electron chi connectivity index (χ0n) is 10.7. The number of hydrogen-bond donors (Lipinski definition) is 1. The van der Waals surface area contributed by atoms with Gasteiger partial charge in [-0.1, -0.05) is 6.07 Å². The molecule has 6 nitrogen and oxygen atoms in total. The molecule has 1 heterocycles. The lowest BCUT2D eigenvalue weighted by Crippen LogP contribution is -2.41. The van der Waals surface area contributed by atoms with Crippen LogP contribution in [-0.2, 0) is 9.53 Å². The van der Waals surface area contributed by atoms with Gasteiger partial charge in [0.2, 0.25) is 0 Å². The molecule has 2 rings (SSSR count). The van der Waals surface area contributed by atoms with E-state index in [1.165, 1.54) is 11.8 Å². The Bertz CT molecular complexity index is 541. The van der Waals surface area contributed by atoms with Gasteiger partial charge in [-0.3, -0.25) is 9.59 Å². The highest BCUT2D eigenvalue weighted by molar-refractivity contribution is 6.09. The van der Waals surface area contributed by atoms with E-state index in [-0.39, 0.29) is 12.4 Å². The van der Waals surface area contributed by atoms with Gasteiger partial charge in [0.25, 0.3) is 0 Å². The molecule has 0 saturated carbocycles. The Morgan fingerprint density at radius 3 is 2.79 bits per heavy atom. The van der Waals surface area contributed by atoms with Gasteiger partial charge in [-0.15, -0.1) is 0 Å². The number of hydrogen-bond acceptors (Lipinski definition) is 5. The molecule has 1 N–H and O–H groups in total. The lowest BCUT2D eigenvalue weighted by atomic mass is 10.1. The summed E-state index contributed by atoms with van der Waals surface area (Å²) in [4.78, 5) is 35.7. The Kier molecular flexibility index (Phi) is 3.50. The predicted molar refractivity (Wildman–Crippen MR) is 69.4 cm³/mol. The minimum absolute atomic E-state index is 0.139. The Morgan fingerprint density at radius 1 is 1.47 bits per heavy atom. The van der Waals surface area contributed by atoms with E-state index in [9.17, 15) is 14.4 Å². The van der Waals surface area contributed by atoms with Gasteiger partial charge in [0.15, 0.2) is 18.2 Å². The first-order chi connectivity index (χ1) is 9.10. The van der Waals surface area contributed by atoms with Crippen molar-refractivity contribution in [1.82, 2.24) is 0 Å². The Morgan fingerprint density at radius 2 is 2.21 bits per heavy atom. The maximum atomic E-state index is 11.9. The van der Waals surface area contributed by atoms with Crippen molar-refractivity contribution < 1.29 is 19.1 Å². The number of fused-ring (bicyclic) bond motifs is 1. The second-order valence-electron chi connectivity index (χ2n) is 4.05. The van der Waals surface area contributed by atoms with Crippen LogP contribution < -0.4 is 10.2 Å². The van der Waals surface area contributed by atoms with Crippen LogP contribution in [0.3, 0.4) is 0 Å². The number of ketones is 1. The number of carbonyl (C=O) groups excluding carboxylic acids is 3. The summed E-state index contributed by atoms with van der Waals surface area (Å²) in [6.45, 7) is 3.33. The SMILES string of the molecule is CCOC(=O)N1c2cccc(C(C)=O)c2NC1C=O. The van der Waals surface area contributed by atoms with Crippen LogP contribution >= 0.6 is 0 Å². The number of Topliss-reactive ketones (excluding diaryl/α,β-unsaturated/α-hetero) is 1. The molecule has 1 amide bonds. The molecule has 1 aromatic carbocycles. The van der Waals surface area contributed by atoms with E-state index in [1.54, 1.807) is 25.1 Å². The fourth-order valence-corrected chi connectivity index (χ4v) is 2.05. The van der Waals surface area contributed by atoms with Crippen molar-refractivity contribution in [2.45, 2.75) is 20.0 Å². The lowest BCUT2D eigenvalue weighted by Gasteiger charge is -2.19. The summed E-state index contributed by atoms with van der Waals surface area (Å²) in [5.41, 5.74) is 1.40. The number of carbonyl (C=O) groups is 3. The Balaban J connectivity index is 2.48. The van der Waals surface area contributed by atoms with Gasteiger partial charge in [0, 0.05) is 5.56 Å². The molecule has 0 bridgehead atoms. The van der Waals surface area contributed by atoms with Crippen molar-refractivity contribution in [3.63, 3.8) is 0 Å². The first kappa shape index (κ1) is 13.1. The molecule has 1 aliphatic rings. The fraction of sp³-hybridized carbons (Fsp3) is 0.308. The number of aldehydes is 1. The van der Waals surface area contributed by atoms with Crippen molar-refractivity contribution in [3.05, 3.63) is 23.8 Å². The van der Waals surface area contributed by atoms with Gasteiger partial charge < -0.3 is 10.1 Å². The molecule has 0 aromatic heterocycles. The van der Waals surface area contributed by atoms with Crippen molar-refractivity contribution >= 4 is 29.5 Å².